The molecule has 1 aromatic heterocycles. The van der Waals surface area contributed by atoms with E-state index in [0.29, 0.717) is 36.5 Å². The minimum atomic E-state index is -4.58. The van der Waals surface area contributed by atoms with E-state index in [9.17, 15) is 13.2 Å². The summed E-state index contributed by atoms with van der Waals surface area (Å²) in [6.45, 7) is 1.05. The molecule has 3 rings (SSSR count). The van der Waals surface area contributed by atoms with Gasteiger partial charge in [0, 0.05) is 23.7 Å². The molecule has 1 aliphatic rings. The van der Waals surface area contributed by atoms with Crippen LogP contribution in [0.5, 0.6) is 0 Å². The van der Waals surface area contributed by atoms with E-state index in [4.69, 9.17) is 11.6 Å². The van der Waals surface area contributed by atoms with Crippen LogP contribution in [0.1, 0.15) is 23.4 Å². The number of benzene rings is 1. The minimum absolute atomic E-state index is 0.242. The van der Waals surface area contributed by atoms with Crippen molar-refractivity contribution in [2.45, 2.75) is 25.4 Å². The Kier molecular flexibility index (Phi) is 4.80. The summed E-state index contributed by atoms with van der Waals surface area (Å²) in [4.78, 5) is 7.31. The molecule has 1 aromatic carbocycles. The molecule has 0 bridgehead atoms. The molecule has 0 aliphatic carbocycles. The van der Waals surface area contributed by atoms with Gasteiger partial charge in [0.15, 0.2) is 0 Å². The Balaban J connectivity index is 1.80. The standard InChI is InChI=1S/C16H16ClF3N4/c17-12-6-2-1-4-10(12)7-9-22-14-11-5-3-8-21-13(11)23-15(24-14)16(18,19)20/h1-2,4,6H,3,5,7-9H2,(H2,21,22,23,24). The zero-order valence-electron chi connectivity index (χ0n) is 12.8. The average Bonchev–Trinajstić information content (AvgIpc) is 2.55. The van der Waals surface area contributed by atoms with E-state index in [2.05, 4.69) is 20.6 Å². The van der Waals surface area contributed by atoms with Crippen LogP contribution in [0.25, 0.3) is 0 Å². The Bertz CT molecular complexity index is 734. The highest BCUT2D eigenvalue weighted by molar-refractivity contribution is 6.31. The monoisotopic (exact) mass is 356 g/mol. The third-order valence-electron chi connectivity index (χ3n) is 3.80. The molecule has 8 heteroatoms. The average molecular weight is 357 g/mol. The number of nitrogens with zero attached hydrogens (tertiary/aromatic N) is 2. The number of alkyl halides is 3. The van der Waals surface area contributed by atoms with Crippen molar-refractivity contribution >= 4 is 23.2 Å². The summed E-state index contributed by atoms with van der Waals surface area (Å²) in [7, 11) is 0. The highest BCUT2D eigenvalue weighted by Gasteiger charge is 2.36. The Morgan fingerprint density at radius 1 is 1.21 bits per heavy atom. The summed E-state index contributed by atoms with van der Waals surface area (Å²) < 4.78 is 38.9. The molecular weight excluding hydrogens is 341 g/mol. The number of hydrogen-bond donors (Lipinski definition) is 2. The van der Waals surface area contributed by atoms with Gasteiger partial charge in [-0.2, -0.15) is 13.2 Å². The second-order valence-corrected chi connectivity index (χ2v) is 5.93. The SMILES string of the molecule is FC(F)(F)c1nc2c(c(NCCc3ccccc3Cl)n1)CCCN2. The molecule has 0 saturated heterocycles. The fourth-order valence-corrected chi connectivity index (χ4v) is 2.86. The van der Waals surface area contributed by atoms with Crippen molar-refractivity contribution in [1.29, 1.82) is 0 Å². The van der Waals surface area contributed by atoms with E-state index < -0.39 is 12.0 Å². The van der Waals surface area contributed by atoms with Crippen molar-refractivity contribution < 1.29 is 13.2 Å². The van der Waals surface area contributed by atoms with Crippen molar-refractivity contribution in [3.05, 3.63) is 46.2 Å². The van der Waals surface area contributed by atoms with Crippen LogP contribution in [-0.4, -0.2) is 23.1 Å². The van der Waals surface area contributed by atoms with Gasteiger partial charge < -0.3 is 10.6 Å². The molecule has 128 valence electrons. The molecule has 0 fully saturated rings. The van der Waals surface area contributed by atoms with Gasteiger partial charge in [-0.05, 0) is 30.9 Å². The maximum atomic E-state index is 13.0. The molecule has 0 amide bonds. The third-order valence-corrected chi connectivity index (χ3v) is 4.17. The number of halogens is 4. The van der Waals surface area contributed by atoms with Gasteiger partial charge in [0.25, 0.3) is 0 Å². The summed E-state index contributed by atoms with van der Waals surface area (Å²) in [6.07, 6.45) is -2.50. The molecule has 2 N–H and O–H groups in total. The van der Waals surface area contributed by atoms with E-state index in [0.717, 1.165) is 12.0 Å². The molecule has 0 unspecified atom stereocenters. The fourth-order valence-electron chi connectivity index (χ4n) is 2.63. The summed E-state index contributed by atoms with van der Waals surface area (Å²) in [5.41, 5.74) is 1.64. The number of hydrogen-bond acceptors (Lipinski definition) is 4. The summed E-state index contributed by atoms with van der Waals surface area (Å²) in [5, 5.41) is 6.57. The molecule has 0 atom stereocenters. The lowest BCUT2D eigenvalue weighted by Crippen LogP contribution is -2.22. The molecule has 4 nitrogen and oxygen atoms in total. The first-order chi connectivity index (χ1) is 11.4. The van der Waals surface area contributed by atoms with E-state index in [-0.39, 0.29) is 11.6 Å². The van der Waals surface area contributed by atoms with Crippen LogP contribution in [-0.2, 0) is 19.0 Å². The van der Waals surface area contributed by atoms with Gasteiger partial charge in [0.1, 0.15) is 11.6 Å². The van der Waals surface area contributed by atoms with Crippen LogP contribution in [0, 0.1) is 0 Å². The second-order valence-electron chi connectivity index (χ2n) is 5.52. The first-order valence-corrected chi connectivity index (χ1v) is 8.02. The van der Waals surface area contributed by atoms with E-state index in [1.165, 1.54) is 0 Å². The van der Waals surface area contributed by atoms with Crippen molar-refractivity contribution in [2.75, 3.05) is 23.7 Å². The molecule has 24 heavy (non-hydrogen) atoms. The lowest BCUT2D eigenvalue weighted by molar-refractivity contribution is -0.144. The lowest BCUT2D eigenvalue weighted by Gasteiger charge is -2.21. The Labute approximate surface area is 142 Å². The zero-order valence-corrected chi connectivity index (χ0v) is 13.5. The Hall–Kier alpha value is -2.02. The van der Waals surface area contributed by atoms with Crippen molar-refractivity contribution in [3.8, 4) is 0 Å². The molecule has 0 spiro atoms. The van der Waals surface area contributed by atoms with Crippen LogP contribution in [0.4, 0.5) is 24.8 Å². The largest absolute Gasteiger partial charge is 0.451 e. The Morgan fingerprint density at radius 3 is 2.75 bits per heavy atom. The van der Waals surface area contributed by atoms with Gasteiger partial charge in [0.05, 0.1) is 0 Å². The minimum Gasteiger partial charge on any atom is -0.370 e. The van der Waals surface area contributed by atoms with Crippen LogP contribution in [0.3, 0.4) is 0 Å². The zero-order chi connectivity index (χ0) is 17.2. The topological polar surface area (TPSA) is 49.8 Å². The van der Waals surface area contributed by atoms with Crippen molar-refractivity contribution in [1.82, 2.24) is 9.97 Å². The van der Waals surface area contributed by atoms with Gasteiger partial charge in [0.2, 0.25) is 5.82 Å². The van der Waals surface area contributed by atoms with E-state index >= 15 is 0 Å². The summed E-state index contributed by atoms with van der Waals surface area (Å²) in [5.74, 6) is -0.619. The third kappa shape index (κ3) is 3.72. The van der Waals surface area contributed by atoms with Gasteiger partial charge in [-0.3, -0.25) is 0 Å². The Morgan fingerprint density at radius 2 is 2.00 bits per heavy atom. The lowest BCUT2D eigenvalue weighted by atomic mass is 10.1. The van der Waals surface area contributed by atoms with Crippen LogP contribution in [0.15, 0.2) is 24.3 Å². The van der Waals surface area contributed by atoms with E-state index in [1.807, 2.05) is 18.2 Å². The van der Waals surface area contributed by atoms with Crippen molar-refractivity contribution in [2.24, 2.45) is 0 Å². The van der Waals surface area contributed by atoms with Gasteiger partial charge in [-0.15, -0.1) is 0 Å². The van der Waals surface area contributed by atoms with Crippen LogP contribution < -0.4 is 10.6 Å². The number of fused-ring (bicyclic) bond motifs is 1. The highest BCUT2D eigenvalue weighted by atomic mass is 35.5. The molecular formula is C16H16ClF3N4. The molecule has 0 saturated carbocycles. The summed E-state index contributed by atoms with van der Waals surface area (Å²) >= 11 is 6.09. The van der Waals surface area contributed by atoms with Gasteiger partial charge >= 0.3 is 6.18 Å². The number of nitrogens with one attached hydrogen (secondary N) is 2. The molecule has 2 aromatic rings. The predicted molar refractivity (Wildman–Crippen MR) is 87.5 cm³/mol. The number of rotatable bonds is 4. The molecule has 1 aliphatic heterocycles. The fraction of sp³-hybridized carbons (Fsp3) is 0.375. The van der Waals surface area contributed by atoms with Gasteiger partial charge in [-0.1, -0.05) is 29.8 Å². The van der Waals surface area contributed by atoms with Crippen LogP contribution >= 0.6 is 11.6 Å². The quantitative estimate of drug-likeness (QED) is 0.863. The maximum Gasteiger partial charge on any atom is 0.451 e. The smallest absolute Gasteiger partial charge is 0.370 e. The summed E-state index contributed by atoms with van der Waals surface area (Å²) in [6, 6.07) is 7.39. The first-order valence-electron chi connectivity index (χ1n) is 7.64. The highest BCUT2D eigenvalue weighted by Crippen LogP contribution is 2.32. The number of aromatic nitrogens is 2. The molecule has 0 radical (unpaired) electrons. The normalized spacial score (nSPS) is 14.0. The second kappa shape index (κ2) is 6.84. The maximum absolute atomic E-state index is 13.0. The van der Waals surface area contributed by atoms with Crippen LogP contribution in [0.2, 0.25) is 5.02 Å². The van der Waals surface area contributed by atoms with Gasteiger partial charge in [-0.25, -0.2) is 9.97 Å². The number of anilines is 2. The van der Waals surface area contributed by atoms with E-state index in [1.54, 1.807) is 6.07 Å². The first kappa shape index (κ1) is 16.8. The van der Waals surface area contributed by atoms with Crippen molar-refractivity contribution in [3.63, 3.8) is 0 Å². The predicted octanol–water partition coefficient (Wildman–Crippen LogP) is 4.16. The molecule has 2 heterocycles.